The summed E-state index contributed by atoms with van der Waals surface area (Å²) in [5, 5.41) is 3.84. The predicted molar refractivity (Wildman–Crippen MR) is 53.3 cm³/mol. The number of hydrogen-bond acceptors (Lipinski definition) is 3. The molecule has 2 aromatic rings. The molecule has 0 bridgehead atoms. The van der Waals surface area contributed by atoms with Gasteiger partial charge in [-0.25, -0.2) is 13.8 Å². The van der Waals surface area contributed by atoms with Crippen LogP contribution in [-0.2, 0) is 6.54 Å². The Kier molecular flexibility index (Phi) is 2.91. The van der Waals surface area contributed by atoms with Gasteiger partial charge in [0.15, 0.2) is 0 Å². The molecule has 1 unspecified atom stereocenters. The van der Waals surface area contributed by atoms with Gasteiger partial charge in [0.1, 0.15) is 24.3 Å². The molecule has 2 N–H and O–H groups in total. The molecule has 1 aromatic heterocycles. The van der Waals surface area contributed by atoms with Crippen LogP contribution in [0.5, 0.6) is 0 Å². The number of nitrogens with two attached hydrogens (primary N) is 1. The molecule has 0 aliphatic carbocycles. The highest BCUT2D eigenvalue weighted by Crippen LogP contribution is 2.17. The van der Waals surface area contributed by atoms with Crippen molar-refractivity contribution in [2.24, 2.45) is 5.73 Å². The first-order valence-corrected chi connectivity index (χ1v) is 4.70. The van der Waals surface area contributed by atoms with E-state index in [-0.39, 0.29) is 12.1 Å². The lowest BCUT2D eigenvalue weighted by atomic mass is 10.1. The van der Waals surface area contributed by atoms with E-state index in [2.05, 4.69) is 10.1 Å². The Labute approximate surface area is 90.7 Å². The summed E-state index contributed by atoms with van der Waals surface area (Å²) in [7, 11) is 0. The molecule has 1 aromatic carbocycles. The number of nitrogens with zero attached hydrogens (tertiary/aromatic N) is 3. The zero-order valence-electron chi connectivity index (χ0n) is 8.35. The highest BCUT2D eigenvalue weighted by Gasteiger charge is 2.13. The van der Waals surface area contributed by atoms with Gasteiger partial charge in [-0.3, -0.25) is 4.68 Å². The molecule has 6 heteroatoms. The average Bonchev–Trinajstić information content (AvgIpc) is 2.74. The van der Waals surface area contributed by atoms with Crippen LogP contribution in [-0.4, -0.2) is 14.8 Å². The van der Waals surface area contributed by atoms with E-state index in [1.807, 2.05) is 0 Å². The van der Waals surface area contributed by atoms with Crippen molar-refractivity contribution in [1.82, 2.24) is 14.8 Å². The van der Waals surface area contributed by atoms with Crippen molar-refractivity contribution in [2.45, 2.75) is 12.6 Å². The van der Waals surface area contributed by atoms with E-state index in [0.29, 0.717) is 0 Å². The summed E-state index contributed by atoms with van der Waals surface area (Å²) < 4.78 is 27.8. The lowest BCUT2D eigenvalue weighted by Gasteiger charge is -2.12. The Morgan fingerprint density at radius 2 is 2.19 bits per heavy atom. The van der Waals surface area contributed by atoms with Gasteiger partial charge in [0, 0.05) is 5.56 Å². The van der Waals surface area contributed by atoms with Crippen LogP contribution in [0.1, 0.15) is 11.6 Å². The first-order valence-electron chi connectivity index (χ1n) is 4.70. The minimum atomic E-state index is -0.655. The van der Waals surface area contributed by atoms with Crippen molar-refractivity contribution >= 4 is 0 Å². The molecule has 2 rings (SSSR count). The summed E-state index contributed by atoms with van der Waals surface area (Å²) >= 11 is 0. The quantitative estimate of drug-likeness (QED) is 0.853. The molecule has 16 heavy (non-hydrogen) atoms. The molecule has 0 fully saturated rings. The van der Waals surface area contributed by atoms with E-state index in [1.165, 1.54) is 17.3 Å². The van der Waals surface area contributed by atoms with Crippen molar-refractivity contribution < 1.29 is 8.78 Å². The Balaban J connectivity index is 2.20. The Bertz CT molecular complexity index is 470. The minimum absolute atomic E-state index is 0.135. The fraction of sp³-hybridized carbons (Fsp3) is 0.200. The van der Waals surface area contributed by atoms with Gasteiger partial charge >= 0.3 is 0 Å². The molecular weight excluding hydrogens is 214 g/mol. The maximum absolute atomic E-state index is 13.4. The molecule has 84 valence electrons. The molecule has 0 saturated heterocycles. The summed E-state index contributed by atoms with van der Waals surface area (Å²) in [6.45, 7) is 0.250. The lowest BCUT2D eigenvalue weighted by Crippen LogP contribution is -2.19. The normalized spacial score (nSPS) is 12.7. The summed E-state index contributed by atoms with van der Waals surface area (Å²) in [4.78, 5) is 3.74. The van der Waals surface area contributed by atoms with Gasteiger partial charge in [-0.05, 0) is 18.2 Å². The Morgan fingerprint density at radius 1 is 1.38 bits per heavy atom. The fourth-order valence-corrected chi connectivity index (χ4v) is 1.43. The van der Waals surface area contributed by atoms with Gasteiger partial charge in [-0.1, -0.05) is 0 Å². The zero-order valence-corrected chi connectivity index (χ0v) is 8.35. The average molecular weight is 224 g/mol. The Morgan fingerprint density at radius 3 is 2.88 bits per heavy atom. The van der Waals surface area contributed by atoms with Gasteiger partial charge < -0.3 is 5.73 Å². The highest BCUT2D eigenvalue weighted by atomic mass is 19.1. The number of hydrogen-bond donors (Lipinski definition) is 1. The second-order valence-corrected chi connectivity index (χ2v) is 3.39. The van der Waals surface area contributed by atoms with Gasteiger partial charge in [0.2, 0.25) is 0 Å². The lowest BCUT2D eigenvalue weighted by molar-refractivity contribution is 0.495. The van der Waals surface area contributed by atoms with Crippen molar-refractivity contribution in [2.75, 3.05) is 0 Å². The van der Waals surface area contributed by atoms with Crippen LogP contribution >= 0.6 is 0 Å². The van der Waals surface area contributed by atoms with E-state index in [0.717, 1.165) is 18.2 Å². The predicted octanol–water partition coefficient (Wildman–Crippen LogP) is 1.26. The second-order valence-electron chi connectivity index (χ2n) is 3.39. The maximum atomic E-state index is 13.4. The zero-order chi connectivity index (χ0) is 11.5. The molecular formula is C10H10F2N4. The molecule has 1 heterocycles. The maximum Gasteiger partial charge on any atom is 0.137 e. The number of aromatic nitrogens is 3. The van der Waals surface area contributed by atoms with Gasteiger partial charge in [-0.2, -0.15) is 5.10 Å². The molecule has 0 aliphatic rings. The summed E-state index contributed by atoms with van der Waals surface area (Å²) in [5.41, 5.74) is 5.90. The van der Waals surface area contributed by atoms with Crippen LogP contribution in [0.15, 0.2) is 30.9 Å². The van der Waals surface area contributed by atoms with E-state index in [4.69, 9.17) is 5.73 Å². The van der Waals surface area contributed by atoms with Crippen LogP contribution in [0.4, 0.5) is 8.78 Å². The third-order valence-corrected chi connectivity index (χ3v) is 2.21. The Hall–Kier alpha value is -1.82. The standard InChI is InChI=1S/C10H10F2N4/c11-7-1-2-9(12)8(3-7)10(13)4-16-6-14-5-15-16/h1-3,5-6,10H,4,13H2. The van der Waals surface area contributed by atoms with Crippen LogP contribution in [0, 0.1) is 11.6 Å². The smallest absolute Gasteiger partial charge is 0.137 e. The van der Waals surface area contributed by atoms with Gasteiger partial charge in [0.05, 0.1) is 12.6 Å². The fourth-order valence-electron chi connectivity index (χ4n) is 1.43. The molecule has 0 spiro atoms. The largest absolute Gasteiger partial charge is 0.322 e. The monoisotopic (exact) mass is 224 g/mol. The molecule has 0 radical (unpaired) electrons. The van der Waals surface area contributed by atoms with Gasteiger partial charge in [0.25, 0.3) is 0 Å². The van der Waals surface area contributed by atoms with Gasteiger partial charge in [-0.15, -0.1) is 0 Å². The third-order valence-electron chi connectivity index (χ3n) is 2.21. The van der Waals surface area contributed by atoms with Crippen molar-refractivity contribution in [3.8, 4) is 0 Å². The molecule has 4 nitrogen and oxygen atoms in total. The molecule has 1 atom stereocenters. The number of rotatable bonds is 3. The van der Waals surface area contributed by atoms with E-state index in [9.17, 15) is 8.78 Å². The van der Waals surface area contributed by atoms with Crippen molar-refractivity contribution in [3.05, 3.63) is 48.1 Å². The second kappa shape index (κ2) is 4.36. The summed E-state index contributed by atoms with van der Waals surface area (Å²) in [5.74, 6) is -1.03. The van der Waals surface area contributed by atoms with Crippen LogP contribution < -0.4 is 5.73 Å². The van der Waals surface area contributed by atoms with E-state index in [1.54, 1.807) is 0 Å². The first kappa shape index (κ1) is 10.7. The van der Waals surface area contributed by atoms with Crippen molar-refractivity contribution in [3.63, 3.8) is 0 Å². The SMILES string of the molecule is NC(Cn1cncn1)c1cc(F)ccc1F. The van der Waals surface area contributed by atoms with Crippen LogP contribution in [0.3, 0.4) is 0 Å². The molecule has 0 amide bonds. The van der Waals surface area contributed by atoms with Crippen molar-refractivity contribution in [1.29, 1.82) is 0 Å². The summed E-state index contributed by atoms with van der Waals surface area (Å²) in [6, 6.07) is 2.56. The van der Waals surface area contributed by atoms with Crippen LogP contribution in [0.2, 0.25) is 0 Å². The minimum Gasteiger partial charge on any atom is -0.322 e. The van der Waals surface area contributed by atoms with E-state index < -0.39 is 17.7 Å². The highest BCUT2D eigenvalue weighted by molar-refractivity contribution is 5.21. The van der Waals surface area contributed by atoms with Crippen LogP contribution in [0.25, 0.3) is 0 Å². The first-order chi connectivity index (χ1) is 7.66. The molecule has 0 saturated carbocycles. The molecule has 0 aliphatic heterocycles. The topological polar surface area (TPSA) is 56.7 Å². The van der Waals surface area contributed by atoms with E-state index >= 15 is 0 Å². The third kappa shape index (κ3) is 2.22. The summed E-state index contributed by atoms with van der Waals surface area (Å²) in [6.07, 6.45) is 2.83. The number of halogens is 2. The number of benzene rings is 1.